The highest BCUT2D eigenvalue weighted by atomic mass is 16.2. The lowest BCUT2D eigenvalue weighted by Gasteiger charge is -2.36. The zero-order chi connectivity index (χ0) is 15.2. The van der Waals surface area contributed by atoms with Crippen LogP contribution in [0.5, 0.6) is 0 Å². The molecule has 1 fully saturated rings. The molecule has 0 aliphatic carbocycles. The number of amides is 1. The van der Waals surface area contributed by atoms with Gasteiger partial charge in [0, 0.05) is 25.3 Å². The summed E-state index contributed by atoms with van der Waals surface area (Å²) in [6, 6.07) is 3.89. The van der Waals surface area contributed by atoms with Crippen LogP contribution in [0.25, 0.3) is 0 Å². The lowest BCUT2D eigenvalue weighted by Crippen LogP contribution is -2.47. The highest BCUT2D eigenvalue weighted by Crippen LogP contribution is 2.17. The van der Waals surface area contributed by atoms with Gasteiger partial charge in [0.15, 0.2) is 0 Å². The smallest absolute Gasteiger partial charge is 0.273 e. The molecule has 1 aromatic rings. The van der Waals surface area contributed by atoms with Crippen LogP contribution in [0.4, 0.5) is 0 Å². The highest BCUT2D eigenvalue weighted by Gasteiger charge is 2.27. The van der Waals surface area contributed by atoms with Crippen molar-refractivity contribution in [3.05, 3.63) is 29.6 Å². The van der Waals surface area contributed by atoms with Crippen LogP contribution in [0.2, 0.25) is 0 Å². The number of hydrogen-bond donors (Lipinski definition) is 1. The van der Waals surface area contributed by atoms with Crippen LogP contribution in [-0.4, -0.2) is 65.6 Å². The molecular weight excluding hydrogens is 266 g/mol. The maximum Gasteiger partial charge on any atom is 0.273 e. The van der Waals surface area contributed by atoms with Crippen LogP contribution in [0.3, 0.4) is 0 Å². The van der Waals surface area contributed by atoms with E-state index < -0.39 is 0 Å². The summed E-state index contributed by atoms with van der Waals surface area (Å²) < 4.78 is 0. The van der Waals surface area contributed by atoms with E-state index in [1.165, 1.54) is 0 Å². The van der Waals surface area contributed by atoms with Crippen molar-refractivity contribution < 1.29 is 9.90 Å². The number of hydrogen-bond acceptors (Lipinski definition) is 4. The largest absolute Gasteiger partial charge is 0.384 e. The fraction of sp³-hybridized carbons (Fsp3) is 0.500. The Hall–Kier alpha value is -1.90. The van der Waals surface area contributed by atoms with E-state index in [9.17, 15) is 4.79 Å². The van der Waals surface area contributed by atoms with Crippen LogP contribution in [-0.2, 0) is 0 Å². The zero-order valence-electron chi connectivity index (χ0n) is 12.5. The van der Waals surface area contributed by atoms with Gasteiger partial charge in [0.1, 0.15) is 12.3 Å². The molecule has 0 radical (unpaired) electrons. The van der Waals surface area contributed by atoms with Crippen molar-refractivity contribution in [2.45, 2.75) is 18.9 Å². The minimum atomic E-state index is -0.227. The van der Waals surface area contributed by atoms with E-state index >= 15 is 0 Å². The van der Waals surface area contributed by atoms with Crippen molar-refractivity contribution in [3.63, 3.8) is 0 Å². The number of likely N-dealkylation sites (tertiary alicyclic amines) is 1. The van der Waals surface area contributed by atoms with E-state index in [2.05, 4.69) is 21.7 Å². The molecule has 0 bridgehead atoms. The van der Waals surface area contributed by atoms with Crippen LogP contribution in [0.15, 0.2) is 18.3 Å². The second-order valence-electron chi connectivity index (χ2n) is 5.37. The van der Waals surface area contributed by atoms with E-state index in [1.807, 2.05) is 19.0 Å². The topological polar surface area (TPSA) is 56.7 Å². The molecule has 1 amide bonds. The number of piperidine rings is 1. The molecule has 5 heteroatoms. The van der Waals surface area contributed by atoms with Gasteiger partial charge in [-0.15, -0.1) is 0 Å². The lowest BCUT2D eigenvalue weighted by atomic mass is 10.0. The molecule has 5 nitrogen and oxygen atoms in total. The Kier molecular flexibility index (Phi) is 5.32. The third-order valence-electron chi connectivity index (χ3n) is 3.73. The van der Waals surface area contributed by atoms with Crippen LogP contribution in [0.1, 0.15) is 28.9 Å². The molecule has 1 unspecified atom stereocenters. The Morgan fingerprint density at radius 2 is 2.38 bits per heavy atom. The standard InChI is InChI=1S/C16H21N3O2/c1-18(2)14-8-4-10-19(12-14)16(21)15-13(7-5-11-20)6-3-9-17-15/h3,6,9,14,20H,4,8,10-12H2,1-2H3. The van der Waals surface area contributed by atoms with Crippen LogP contribution >= 0.6 is 0 Å². The van der Waals surface area contributed by atoms with E-state index in [0.29, 0.717) is 17.3 Å². The summed E-state index contributed by atoms with van der Waals surface area (Å²) in [4.78, 5) is 20.9. The lowest BCUT2D eigenvalue weighted by molar-refractivity contribution is 0.0629. The molecule has 112 valence electrons. The number of pyridine rings is 1. The summed E-state index contributed by atoms with van der Waals surface area (Å²) >= 11 is 0. The van der Waals surface area contributed by atoms with Crippen molar-refractivity contribution in [3.8, 4) is 11.8 Å². The molecule has 1 saturated heterocycles. The van der Waals surface area contributed by atoms with Crippen molar-refractivity contribution in [2.75, 3.05) is 33.8 Å². The second kappa shape index (κ2) is 7.21. The molecule has 1 N–H and O–H groups in total. The quantitative estimate of drug-likeness (QED) is 0.809. The van der Waals surface area contributed by atoms with Gasteiger partial charge in [-0.05, 0) is 39.1 Å². The van der Waals surface area contributed by atoms with Gasteiger partial charge in [0.2, 0.25) is 0 Å². The Labute approximate surface area is 125 Å². The molecular formula is C16H21N3O2. The summed E-state index contributed by atoms with van der Waals surface area (Å²) in [5.74, 6) is 5.29. The van der Waals surface area contributed by atoms with Crippen molar-refractivity contribution in [2.24, 2.45) is 0 Å². The Morgan fingerprint density at radius 3 is 3.10 bits per heavy atom. The number of nitrogens with zero attached hydrogens (tertiary/aromatic N) is 3. The van der Waals surface area contributed by atoms with E-state index in [0.717, 1.165) is 25.9 Å². The maximum absolute atomic E-state index is 12.7. The summed E-state index contributed by atoms with van der Waals surface area (Å²) in [6.07, 6.45) is 3.71. The van der Waals surface area contributed by atoms with Gasteiger partial charge < -0.3 is 14.9 Å². The second-order valence-corrected chi connectivity index (χ2v) is 5.37. The zero-order valence-corrected chi connectivity index (χ0v) is 12.5. The van der Waals surface area contributed by atoms with Gasteiger partial charge >= 0.3 is 0 Å². The Morgan fingerprint density at radius 1 is 1.57 bits per heavy atom. The van der Waals surface area contributed by atoms with Gasteiger partial charge in [0.25, 0.3) is 5.91 Å². The van der Waals surface area contributed by atoms with E-state index in [4.69, 9.17) is 5.11 Å². The summed E-state index contributed by atoms with van der Waals surface area (Å²) in [5.41, 5.74) is 0.946. The van der Waals surface area contributed by atoms with Crippen LogP contribution < -0.4 is 0 Å². The maximum atomic E-state index is 12.7. The van der Waals surface area contributed by atoms with Gasteiger partial charge in [-0.1, -0.05) is 11.8 Å². The number of aromatic nitrogens is 1. The van der Waals surface area contributed by atoms with E-state index in [-0.39, 0.29) is 12.5 Å². The van der Waals surface area contributed by atoms with Gasteiger partial charge in [-0.3, -0.25) is 4.79 Å². The number of carbonyl (C=O) groups is 1. The number of carbonyl (C=O) groups excluding carboxylic acids is 1. The molecule has 0 spiro atoms. The minimum absolute atomic E-state index is 0.0793. The Bertz CT molecular complexity index is 560. The number of aliphatic hydroxyl groups excluding tert-OH is 1. The SMILES string of the molecule is CN(C)C1CCCN(C(=O)c2ncccc2C#CCO)C1. The minimum Gasteiger partial charge on any atom is -0.384 e. The summed E-state index contributed by atoms with van der Waals surface area (Å²) in [5, 5.41) is 8.81. The first-order chi connectivity index (χ1) is 10.1. The van der Waals surface area contributed by atoms with Gasteiger partial charge in [-0.25, -0.2) is 4.98 Å². The fourth-order valence-corrected chi connectivity index (χ4v) is 2.52. The molecule has 0 aromatic carbocycles. The first-order valence-corrected chi connectivity index (χ1v) is 7.14. The third-order valence-corrected chi connectivity index (χ3v) is 3.73. The molecule has 1 atom stereocenters. The molecule has 1 aromatic heterocycles. The third kappa shape index (κ3) is 3.81. The molecule has 21 heavy (non-hydrogen) atoms. The number of rotatable bonds is 2. The number of aliphatic hydroxyl groups is 1. The van der Waals surface area contributed by atoms with Crippen molar-refractivity contribution >= 4 is 5.91 Å². The average Bonchev–Trinajstić information content (AvgIpc) is 2.52. The summed E-state index contributed by atoms with van der Waals surface area (Å²) in [6.45, 7) is 1.25. The first kappa shape index (κ1) is 15.5. The Balaban J connectivity index is 2.20. The average molecular weight is 287 g/mol. The van der Waals surface area contributed by atoms with Crippen molar-refractivity contribution in [1.82, 2.24) is 14.8 Å². The summed E-state index contributed by atoms with van der Waals surface area (Å²) in [7, 11) is 4.08. The monoisotopic (exact) mass is 287 g/mol. The van der Waals surface area contributed by atoms with Crippen molar-refractivity contribution in [1.29, 1.82) is 0 Å². The highest BCUT2D eigenvalue weighted by molar-refractivity contribution is 5.94. The van der Waals surface area contributed by atoms with Gasteiger partial charge in [0.05, 0.1) is 5.56 Å². The first-order valence-electron chi connectivity index (χ1n) is 7.14. The molecule has 1 aliphatic heterocycles. The normalized spacial score (nSPS) is 18.3. The van der Waals surface area contributed by atoms with E-state index in [1.54, 1.807) is 18.3 Å². The molecule has 1 aliphatic rings. The molecule has 2 heterocycles. The predicted octanol–water partition coefficient (Wildman–Crippen LogP) is 0.592. The number of likely N-dealkylation sites (N-methyl/N-ethyl adjacent to an activating group) is 1. The molecule has 2 rings (SSSR count). The van der Waals surface area contributed by atoms with Crippen LogP contribution in [0, 0.1) is 11.8 Å². The fourth-order valence-electron chi connectivity index (χ4n) is 2.52. The van der Waals surface area contributed by atoms with Gasteiger partial charge in [-0.2, -0.15) is 0 Å². The molecule has 0 saturated carbocycles. The predicted molar refractivity (Wildman–Crippen MR) is 80.8 cm³/mol.